The zero-order valence-corrected chi connectivity index (χ0v) is 14.8. The van der Waals surface area contributed by atoms with Crippen LogP contribution in [0, 0.1) is 6.92 Å². The molecule has 0 aliphatic carbocycles. The summed E-state index contributed by atoms with van der Waals surface area (Å²) in [6.45, 7) is 1.81. The lowest BCUT2D eigenvalue weighted by Crippen LogP contribution is -2.04. The summed E-state index contributed by atoms with van der Waals surface area (Å²) < 4.78 is 1.83. The van der Waals surface area contributed by atoms with Gasteiger partial charge in [0.05, 0.1) is 25.4 Å². The van der Waals surface area contributed by atoms with Crippen LogP contribution in [0.25, 0.3) is 21.5 Å². The molecule has 0 saturated heterocycles. The van der Waals surface area contributed by atoms with Crippen LogP contribution in [0.3, 0.4) is 0 Å². The van der Waals surface area contributed by atoms with E-state index in [-0.39, 0.29) is 0 Å². The first-order chi connectivity index (χ1) is 9.97. The lowest BCUT2D eigenvalue weighted by molar-refractivity contribution is 0.0698. The lowest BCUT2D eigenvalue weighted by atomic mass is 10.0. The van der Waals surface area contributed by atoms with Gasteiger partial charge in [-0.15, -0.1) is 11.3 Å². The van der Waals surface area contributed by atoms with Crippen molar-refractivity contribution in [3.8, 4) is 10.6 Å². The van der Waals surface area contributed by atoms with Gasteiger partial charge in [-0.3, -0.25) is 0 Å². The Balaban J connectivity index is 2.40. The number of rotatable bonds is 2. The molecule has 0 unspecified atom stereocenters. The SMILES string of the molecule is Cc1c(-c2ccc(Br)s2)nc2ccc(Br)cc2c1C(=O)O. The minimum atomic E-state index is -0.935. The number of hydrogen-bond donors (Lipinski definition) is 1. The zero-order valence-electron chi connectivity index (χ0n) is 10.9. The number of aromatic carboxylic acids is 1. The van der Waals surface area contributed by atoms with Crippen molar-refractivity contribution in [3.05, 3.63) is 49.7 Å². The molecule has 0 spiro atoms. The third-order valence-corrected chi connectivity index (χ3v) is 5.33. The maximum absolute atomic E-state index is 11.7. The fourth-order valence-corrected chi connectivity index (χ4v) is 4.08. The number of carboxylic acid groups (broad SMARTS) is 1. The van der Waals surface area contributed by atoms with Crippen LogP contribution in [0.15, 0.2) is 38.6 Å². The van der Waals surface area contributed by atoms with Crippen molar-refractivity contribution < 1.29 is 9.90 Å². The number of aromatic nitrogens is 1. The van der Waals surface area contributed by atoms with Crippen LogP contribution in [0.4, 0.5) is 0 Å². The molecule has 1 N–H and O–H groups in total. The smallest absolute Gasteiger partial charge is 0.336 e. The van der Waals surface area contributed by atoms with Crippen LogP contribution in [0.2, 0.25) is 0 Å². The van der Waals surface area contributed by atoms with Crippen molar-refractivity contribution >= 4 is 60.1 Å². The number of fused-ring (bicyclic) bond motifs is 1. The average molecular weight is 427 g/mol. The third-order valence-electron chi connectivity index (χ3n) is 3.21. The van der Waals surface area contributed by atoms with E-state index in [1.807, 2.05) is 24.3 Å². The molecule has 106 valence electrons. The van der Waals surface area contributed by atoms with Crippen molar-refractivity contribution in [2.45, 2.75) is 6.92 Å². The van der Waals surface area contributed by atoms with Gasteiger partial charge in [-0.05, 0) is 58.7 Å². The first-order valence-electron chi connectivity index (χ1n) is 6.06. The minimum absolute atomic E-state index is 0.306. The van der Waals surface area contributed by atoms with Crippen LogP contribution >= 0.6 is 43.2 Å². The van der Waals surface area contributed by atoms with E-state index >= 15 is 0 Å². The Morgan fingerprint density at radius 3 is 2.62 bits per heavy atom. The molecule has 6 heteroatoms. The highest BCUT2D eigenvalue weighted by Gasteiger charge is 2.19. The van der Waals surface area contributed by atoms with Crippen molar-refractivity contribution in [1.82, 2.24) is 4.98 Å². The Morgan fingerprint density at radius 2 is 2.00 bits per heavy atom. The number of carboxylic acids is 1. The standard InChI is InChI=1S/C15H9Br2NO2S/c1-7-13(15(19)20)9-6-8(16)2-3-10(9)18-14(7)11-4-5-12(17)21-11/h2-6H,1H3,(H,19,20). The van der Waals surface area contributed by atoms with E-state index in [0.717, 1.165) is 18.8 Å². The van der Waals surface area contributed by atoms with E-state index in [9.17, 15) is 9.90 Å². The van der Waals surface area contributed by atoms with E-state index in [1.165, 1.54) is 11.3 Å². The molecule has 1 aromatic carbocycles. The second-order valence-electron chi connectivity index (χ2n) is 4.53. The summed E-state index contributed by atoms with van der Waals surface area (Å²) in [5.74, 6) is -0.935. The van der Waals surface area contributed by atoms with Crippen molar-refractivity contribution in [2.75, 3.05) is 0 Å². The molecule has 0 bridgehead atoms. The van der Waals surface area contributed by atoms with Crippen LogP contribution in [0.1, 0.15) is 15.9 Å². The summed E-state index contributed by atoms with van der Waals surface area (Å²) in [6.07, 6.45) is 0. The number of thiophene rings is 1. The minimum Gasteiger partial charge on any atom is -0.478 e. The highest BCUT2D eigenvalue weighted by molar-refractivity contribution is 9.11. The molecule has 3 aromatic rings. The zero-order chi connectivity index (χ0) is 15.1. The molecule has 3 rings (SSSR count). The Kier molecular flexibility index (Phi) is 3.86. The summed E-state index contributed by atoms with van der Waals surface area (Å²) in [6, 6.07) is 9.38. The molecule has 2 heterocycles. The van der Waals surface area contributed by atoms with Crippen LogP contribution in [0.5, 0.6) is 0 Å². The molecule has 21 heavy (non-hydrogen) atoms. The van der Waals surface area contributed by atoms with Gasteiger partial charge in [0.25, 0.3) is 0 Å². The highest BCUT2D eigenvalue weighted by Crippen LogP contribution is 2.36. The third kappa shape index (κ3) is 2.63. The summed E-state index contributed by atoms with van der Waals surface area (Å²) >= 11 is 8.35. The van der Waals surface area contributed by atoms with Crippen LogP contribution < -0.4 is 0 Å². The molecule has 0 atom stereocenters. The number of carbonyl (C=O) groups is 1. The molecule has 3 nitrogen and oxygen atoms in total. The van der Waals surface area contributed by atoms with Crippen molar-refractivity contribution in [2.24, 2.45) is 0 Å². The fraction of sp³-hybridized carbons (Fsp3) is 0.0667. The number of benzene rings is 1. The predicted octanol–water partition coefficient (Wildman–Crippen LogP) is 5.49. The van der Waals surface area contributed by atoms with E-state index in [0.29, 0.717) is 22.0 Å². The molecule has 0 fully saturated rings. The van der Waals surface area contributed by atoms with Gasteiger partial charge in [-0.2, -0.15) is 0 Å². The number of nitrogens with zero attached hydrogens (tertiary/aromatic N) is 1. The van der Waals surface area contributed by atoms with E-state index in [4.69, 9.17) is 0 Å². The Labute approximate surface area is 141 Å². The Hall–Kier alpha value is -1.24. The number of pyridine rings is 1. The topological polar surface area (TPSA) is 50.2 Å². The second kappa shape index (κ2) is 5.51. The van der Waals surface area contributed by atoms with Gasteiger partial charge in [-0.1, -0.05) is 15.9 Å². The largest absolute Gasteiger partial charge is 0.478 e. The molecular weight excluding hydrogens is 418 g/mol. The Morgan fingerprint density at radius 1 is 1.24 bits per heavy atom. The number of halogens is 2. The van der Waals surface area contributed by atoms with Gasteiger partial charge < -0.3 is 5.11 Å². The van der Waals surface area contributed by atoms with Crippen molar-refractivity contribution in [1.29, 1.82) is 0 Å². The molecule has 0 radical (unpaired) electrons. The van der Waals surface area contributed by atoms with Gasteiger partial charge in [0.1, 0.15) is 0 Å². The molecule has 2 aromatic heterocycles. The first kappa shape index (κ1) is 14.7. The van der Waals surface area contributed by atoms with E-state index < -0.39 is 5.97 Å². The quantitative estimate of drug-likeness (QED) is 0.588. The highest BCUT2D eigenvalue weighted by atomic mass is 79.9. The molecule has 0 amide bonds. The normalized spacial score (nSPS) is 11.0. The first-order valence-corrected chi connectivity index (χ1v) is 8.46. The number of hydrogen-bond acceptors (Lipinski definition) is 3. The van der Waals surface area contributed by atoms with E-state index in [1.54, 1.807) is 13.0 Å². The van der Waals surface area contributed by atoms with Crippen LogP contribution in [-0.4, -0.2) is 16.1 Å². The summed E-state index contributed by atoms with van der Waals surface area (Å²) in [4.78, 5) is 17.3. The summed E-state index contributed by atoms with van der Waals surface area (Å²) in [7, 11) is 0. The van der Waals surface area contributed by atoms with Crippen LogP contribution in [-0.2, 0) is 0 Å². The predicted molar refractivity (Wildman–Crippen MR) is 92.2 cm³/mol. The molecular formula is C15H9Br2NO2S. The molecule has 0 aliphatic heterocycles. The van der Waals surface area contributed by atoms with Crippen molar-refractivity contribution in [3.63, 3.8) is 0 Å². The molecule has 0 aliphatic rings. The lowest BCUT2D eigenvalue weighted by Gasteiger charge is -2.11. The molecule has 0 saturated carbocycles. The van der Waals surface area contributed by atoms with Gasteiger partial charge >= 0.3 is 5.97 Å². The van der Waals surface area contributed by atoms with Gasteiger partial charge in [0.15, 0.2) is 0 Å². The Bertz CT molecular complexity index is 873. The van der Waals surface area contributed by atoms with E-state index in [2.05, 4.69) is 36.8 Å². The van der Waals surface area contributed by atoms with Gasteiger partial charge in [-0.25, -0.2) is 9.78 Å². The van der Waals surface area contributed by atoms with Gasteiger partial charge in [0, 0.05) is 9.86 Å². The second-order valence-corrected chi connectivity index (χ2v) is 7.91. The fourth-order valence-electron chi connectivity index (χ4n) is 2.29. The summed E-state index contributed by atoms with van der Waals surface area (Å²) in [5, 5.41) is 10.2. The summed E-state index contributed by atoms with van der Waals surface area (Å²) in [5.41, 5.74) is 2.39. The maximum atomic E-state index is 11.7. The maximum Gasteiger partial charge on any atom is 0.336 e. The monoisotopic (exact) mass is 425 g/mol. The average Bonchev–Trinajstić information content (AvgIpc) is 2.84. The van der Waals surface area contributed by atoms with Gasteiger partial charge in [0.2, 0.25) is 0 Å².